The average Bonchev–Trinajstić information content (AvgIpc) is 3.17. The van der Waals surface area contributed by atoms with Crippen LogP contribution in [-0.2, 0) is 11.3 Å². The molecule has 0 saturated heterocycles. The molecule has 2 aromatic heterocycles. The predicted octanol–water partition coefficient (Wildman–Crippen LogP) is 4.16. The van der Waals surface area contributed by atoms with Gasteiger partial charge in [0.1, 0.15) is 11.5 Å². The number of pyridine rings is 1. The van der Waals surface area contributed by atoms with Gasteiger partial charge in [0, 0.05) is 17.4 Å². The molecule has 0 radical (unpaired) electrons. The van der Waals surface area contributed by atoms with Gasteiger partial charge < -0.3 is 9.88 Å². The summed E-state index contributed by atoms with van der Waals surface area (Å²) in [6, 6.07) is 23.2. The van der Waals surface area contributed by atoms with E-state index < -0.39 is 0 Å². The van der Waals surface area contributed by atoms with E-state index in [0.717, 1.165) is 22.1 Å². The Morgan fingerprint density at radius 2 is 1.84 bits per heavy atom. The highest BCUT2D eigenvalue weighted by Gasteiger charge is 2.12. The summed E-state index contributed by atoms with van der Waals surface area (Å²) in [5.41, 5.74) is 3.36. The number of aryl methyl sites for hydroxylation is 1. The zero-order chi connectivity index (χ0) is 22.2. The van der Waals surface area contributed by atoms with Gasteiger partial charge in [-0.15, -0.1) is 10.2 Å². The van der Waals surface area contributed by atoms with Crippen molar-refractivity contribution < 1.29 is 4.79 Å². The number of carbonyl (C=O) groups is 1. The number of thioether (sulfide) groups is 1. The molecule has 0 bridgehead atoms. The molecule has 0 aliphatic rings. The Balaban J connectivity index is 1.37. The molecule has 6 nitrogen and oxygen atoms in total. The van der Waals surface area contributed by atoms with Crippen molar-refractivity contribution in [1.82, 2.24) is 19.7 Å². The molecule has 0 spiro atoms. The zero-order valence-corrected chi connectivity index (χ0v) is 18.3. The topological polar surface area (TPSA) is 72.7 Å². The van der Waals surface area contributed by atoms with E-state index in [-0.39, 0.29) is 11.7 Å². The highest BCUT2D eigenvalue weighted by Crippen LogP contribution is 2.19. The molecule has 0 fully saturated rings. The van der Waals surface area contributed by atoms with Crippen molar-refractivity contribution in [1.29, 1.82) is 0 Å². The van der Waals surface area contributed by atoms with Crippen LogP contribution in [0.5, 0.6) is 0 Å². The van der Waals surface area contributed by atoms with Crippen molar-refractivity contribution in [2.75, 3.05) is 11.1 Å². The summed E-state index contributed by atoms with van der Waals surface area (Å²) >= 11 is 1.37. The van der Waals surface area contributed by atoms with Gasteiger partial charge >= 0.3 is 0 Å². The number of carbonyl (C=O) groups excluding carboxylic acids is 1. The number of hydrogen-bond acceptors (Lipinski definition) is 5. The second-order valence-electron chi connectivity index (χ2n) is 6.98. The van der Waals surface area contributed by atoms with Gasteiger partial charge in [-0.3, -0.25) is 4.79 Å². The van der Waals surface area contributed by atoms with Gasteiger partial charge in [0.05, 0.1) is 12.3 Å². The summed E-state index contributed by atoms with van der Waals surface area (Å²) in [4.78, 5) is 16.7. The smallest absolute Gasteiger partial charge is 0.234 e. The summed E-state index contributed by atoms with van der Waals surface area (Å²) in [7, 11) is 0. The summed E-state index contributed by atoms with van der Waals surface area (Å²) in [6.07, 6.45) is 1.71. The van der Waals surface area contributed by atoms with E-state index in [2.05, 4.69) is 44.5 Å². The molecule has 0 unspecified atom stereocenters. The van der Waals surface area contributed by atoms with Crippen LogP contribution in [0, 0.1) is 18.8 Å². The number of rotatable bonds is 6. The van der Waals surface area contributed by atoms with E-state index in [1.807, 2.05) is 72.2 Å². The maximum absolute atomic E-state index is 12.5. The van der Waals surface area contributed by atoms with Crippen molar-refractivity contribution in [3.05, 3.63) is 102 Å². The van der Waals surface area contributed by atoms with Crippen LogP contribution >= 0.6 is 11.8 Å². The van der Waals surface area contributed by atoms with E-state index in [1.165, 1.54) is 11.8 Å². The SMILES string of the molecule is Cc1nnc(SCC(=O)Nc2cccc(C#Cc3ccccn3)c2)n1Cc1ccccc1. The number of amides is 1. The standard InChI is InChI=1S/C25H21N5OS/c1-19-28-29-25(30(19)17-21-8-3-2-4-9-21)32-18-24(31)27-23-12-7-10-20(16-23)13-14-22-11-5-6-15-26-22/h2-12,15-16H,17-18H2,1H3,(H,27,31). The molecular formula is C25H21N5OS. The largest absolute Gasteiger partial charge is 0.325 e. The fourth-order valence-electron chi connectivity index (χ4n) is 2.99. The summed E-state index contributed by atoms with van der Waals surface area (Å²) in [6.45, 7) is 2.58. The number of nitrogens with one attached hydrogen (secondary N) is 1. The molecule has 2 aromatic carbocycles. The lowest BCUT2D eigenvalue weighted by molar-refractivity contribution is -0.113. The Hall–Kier alpha value is -3.89. The lowest BCUT2D eigenvalue weighted by Gasteiger charge is -2.09. The first-order valence-electron chi connectivity index (χ1n) is 10.1. The maximum atomic E-state index is 12.5. The molecule has 2 heterocycles. The molecule has 1 N–H and O–H groups in total. The quantitative estimate of drug-likeness (QED) is 0.361. The highest BCUT2D eigenvalue weighted by molar-refractivity contribution is 7.99. The molecule has 7 heteroatoms. The Kier molecular flexibility index (Phi) is 6.95. The third kappa shape index (κ3) is 5.84. The van der Waals surface area contributed by atoms with Gasteiger partial charge in [-0.2, -0.15) is 0 Å². The van der Waals surface area contributed by atoms with E-state index >= 15 is 0 Å². The molecule has 4 aromatic rings. The van der Waals surface area contributed by atoms with Crippen LogP contribution < -0.4 is 5.32 Å². The minimum absolute atomic E-state index is 0.114. The van der Waals surface area contributed by atoms with Gasteiger partial charge in [-0.1, -0.05) is 60.1 Å². The highest BCUT2D eigenvalue weighted by atomic mass is 32.2. The summed E-state index contributed by atoms with van der Waals surface area (Å²) < 4.78 is 2.01. The first-order chi connectivity index (χ1) is 15.7. The molecule has 32 heavy (non-hydrogen) atoms. The van der Waals surface area contributed by atoms with Crippen LogP contribution in [-0.4, -0.2) is 31.4 Å². The van der Waals surface area contributed by atoms with Gasteiger partial charge in [0.15, 0.2) is 5.16 Å². The summed E-state index contributed by atoms with van der Waals surface area (Å²) in [5.74, 6) is 7.03. The first kappa shape index (κ1) is 21.3. The zero-order valence-electron chi connectivity index (χ0n) is 17.5. The van der Waals surface area contributed by atoms with Crippen LogP contribution in [0.1, 0.15) is 22.6 Å². The molecular weight excluding hydrogens is 418 g/mol. The van der Waals surface area contributed by atoms with Gasteiger partial charge in [0.2, 0.25) is 5.91 Å². The monoisotopic (exact) mass is 439 g/mol. The number of nitrogens with zero attached hydrogens (tertiary/aromatic N) is 4. The molecule has 0 aliphatic heterocycles. The van der Waals surface area contributed by atoms with E-state index in [9.17, 15) is 4.79 Å². The molecule has 0 aliphatic carbocycles. The third-order valence-corrected chi connectivity index (χ3v) is 5.53. The summed E-state index contributed by atoms with van der Waals surface area (Å²) in [5, 5.41) is 12.0. The fraction of sp³-hybridized carbons (Fsp3) is 0.120. The van der Waals surface area contributed by atoms with Crippen LogP contribution in [0.15, 0.2) is 84.1 Å². The lowest BCUT2D eigenvalue weighted by atomic mass is 10.2. The normalized spacial score (nSPS) is 10.3. The Morgan fingerprint density at radius 1 is 1.00 bits per heavy atom. The van der Waals surface area contributed by atoms with E-state index in [1.54, 1.807) is 6.20 Å². The average molecular weight is 440 g/mol. The predicted molar refractivity (Wildman–Crippen MR) is 126 cm³/mol. The van der Waals surface area contributed by atoms with Gasteiger partial charge in [0.25, 0.3) is 0 Å². The Bertz CT molecular complexity index is 1260. The number of anilines is 1. The van der Waals surface area contributed by atoms with Crippen LogP contribution in [0.25, 0.3) is 0 Å². The van der Waals surface area contributed by atoms with Crippen LogP contribution in [0.2, 0.25) is 0 Å². The van der Waals surface area contributed by atoms with Crippen LogP contribution in [0.3, 0.4) is 0 Å². The van der Waals surface area contributed by atoms with E-state index in [4.69, 9.17) is 0 Å². The number of hydrogen-bond donors (Lipinski definition) is 1. The second-order valence-corrected chi connectivity index (χ2v) is 7.93. The molecule has 0 atom stereocenters. The fourth-order valence-corrected chi connectivity index (χ4v) is 3.77. The molecule has 4 rings (SSSR count). The minimum atomic E-state index is -0.114. The Morgan fingerprint density at radius 3 is 2.66 bits per heavy atom. The number of aromatic nitrogens is 4. The molecule has 0 saturated carbocycles. The minimum Gasteiger partial charge on any atom is -0.325 e. The number of benzene rings is 2. The van der Waals surface area contributed by atoms with Crippen molar-refractivity contribution in [2.24, 2.45) is 0 Å². The van der Waals surface area contributed by atoms with Gasteiger partial charge in [-0.05, 0) is 48.7 Å². The maximum Gasteiger partial charge on any atom is 0.234 e. The van der Waals surface area contributed by atoms with Crippen molar-refractivity contribution in [3.8, 4) is 11.8 Å². The van der Waals surface area contributed by atoms with Crippen molar-refractivity contribution in [3.63, 3.8) is 0 Å². The molecule has 158 valence electrons. The first-order valence-corrected chi connectivity index (χ1v) is 11.1. The van der Waals surface area contributed by atoms with Crippen molar-refractivity contribution >= 4 is 23.4 Å². The molecule has 1 amide bonds. The van der Waals surface area contributed by atoms with Crippen LogP contribution in [0.4, 0.5) is 5.69 Å². The Labute approximate surface area is 191 Å². The van der Waals surface area contributed by atoms with Gasteiger partial charge in [-0.25, -0.2) is 4.98 Å². The lowest BCUT2D eigenvalue weighted by Crippen LogP contribution is -2.15. The van der Waals surface area contributed by atoms with Crippen molar-refractivity contribution in [2.45, 2.75) is 18.6 Å². The third-order valence-electron chi connectivity index (χ3n) is 4.56. The second kappa shape index (κ2) is 10.4. The van der Waals surface area contributed by atoms with E-state index in [0.29, 0.717) is 17.9 Å².